The van der Waals surface area contributed by atoms with Gasteiger partial charge in [-0.3, -0.25) is 9.78 Å². The van der Waals surface area contributed by atoms with E-state index in [9.17, 15) is 10.1 Å². The minimum atomic E-state index is 0.0239. The number of nitrogens with zero attached hydrogens (tertiary/aromatic N) is 4. The van der Waals surface area contributed by atoms with Gasteiger partial charge in [-0.15, -0.1) is 0 Å². The Kier molecular flexibility index (Phi) is 4.97. The fourth-order valence-electron chi connectivity index (χ4n) is 2.91. The fraction of sp³-hybridized carbons (Fsp3) is 0.278. The molecule has 0 N–H and O–H groups in total. The number of anilines is 1. The molecule has 0 spiro atoms. The smallest absolute Gasteiger partial charge is 0.254 e. The van der Waals surface area contributed by atoms with Gasteiger partial charge < -0.3 is 9.80 Å². The highest BCUT2D eigenvalue weighted by Gasteiger charge is 2.21. The van der Waals surface area contributed by atoms with Crippen LogP contribution < -0.4 is 4.90 Å². The lowest BCUT2D eigenvalue weighted by atomic mass is 10.1. The minimum Gasteiger partial charge on any atom is -0.369 e. The maximum absolute atomic E-state index is 12.6. The second-order valence-corrected chi connectivity index (χ2v) is 6.08. The van der Waals surface area contributed by atoms with Crippen molar-refractivity contribution in [2.75, 3.05) is 31.1 Å². The van der Waals surface area contributed by atoms with Gasteiger partial charge in [0, 0.05) is 49.2 Å². The Morgan fingerprint density at radius 2 is 1.92 bits per heavy atom. The van der Waals surface area contributed by atoms with E-state index in [2.05, 4.69) is 16.0 Å². The van der Waals surface area contributed by atoms with Gasteiger partial charge in [0.25, 0.3) is 5.91 Å². The molecule has 122 valence electrons. The summed E-state index contributed by atoms with van der Waals surface area (Å²) in [6.45, 7) is 2.81. The Labute approximate surface area is 146 Å². The van der Waals surface area contributed by atoms with Crippen molar-refractivity contribution in [1.29, 1.82) is 5.26 Å². The molecule has 6 heteroatoms. The van der Waals surface area contributed by atoms with Crippen LogP contribution in [-0.2, 0) is 0 Å². The van der Waals surface area contributed by atoms with E-state index in [1.165, 1.54) is 0 Å². The molecule has 24 heavy (non-hydrogen) atoms. The summed E-state index contributed by atoms with van der Waals surface area (Å²) in [6.07, 6.45) is 4.11. The molecule has 1 saturated heterocycles. The Morgan fingerprint density at radius 3 is 2.67 bits per heavy atom. The number of carbonyl (C=O) groups is 1. The standard InChI is InChI=1S/C18H17ClN4O/c19-16-2-3-17(15(12-16)13-20)22-8-1-9-23(11-10-22)18(24)14-4-6-21-7-5-14/h2-7,12H,1,8-11H2. The van der Waals surface area contributed by atoms with Crippen molar-refractivity contribution in [2.45, 2.75) is 6.42 Å². The summed E-state index contributed by atoms with van der Waals surface area (Å²) in [5.74, 6) is 0.0239. The maximum Gasteiger partial charge on any atom is 0.254 e. The molecule has 1 amide bonds. The highest BCUT2D eigenvalue weighted by Crippen LogP contribution is 2.25. The van der Waals surface area contributed by atoms with Crippen molar-refractivity contribution in [1.82, 2.24) is 9.88 Å². The highest BCUT2D eigenvalue weighted by molar-refractivity contribution is 6.30. The van der Waals surface area contributed by atoms with Crippen molar-refractivity contribution < 1.29 is 4.79 Å². The molecule has 1 aromatic heterocycles. The summed E-state index contributed by atoms with van der Waals surface area (Å²) in [5.41, 5.74) is 2.10. The second kappa shape index (κ2) is 7.33. The van der Waals surface area contributed by atoms with Crippen LogP contribution in [0.2, 0.25) is 5.02 Å². The minimum absolute atomic E-state index is 0.0239. The molecule has 0 bridgehead atoms. The normalized spacial score (nSPS) is 14.8. The molecular weight excluding hydrogens is 324 g/mol. The molecule has 1 fully saturated rings. The monoisotopic (exact) mass is 340 g/mol. The van der Waals surface area contributed by atoms with Crippen LogP contribution in [0.4, 0.5) is 5.69 Å². The van der Waals surface area contributed by atoms with E-state index >= 15 is 0 Å². The number of hydrogen-bond donors (Lipinski definition) is 0. The quantitative estimate of drug-likeness (QED) is 0.843. The predicted octanol–water partition coefficient (Wildman–Crippen LogP) is 2.96. The zero-order valence-corrected chi connectivity index (χ0v) is 13.9. The molecule has 0 saturated carbocycles. The van der Waals surface area contributed by atoms with Gasteiger partial charge in [-0.2, -0.15) is 5.26 Å². The maximum atomic E-state index is 12.6. The lowest BCUT2D eigenvalue weighted by Gasteiger charge is -2.24. The Morgan fingerprint density at radius 1 is 1.12 bits per heavy atom. The molecule has 2 heterocycles. The van der Waals surface area contributed by atoms with Crippen molar-refractivity contribution in [3.05, 3.63) is 58.9 Å². The molecule has 0 aliphatic carbocycles. The van der Waals surface area contributed by atoms with E-state index < -0.39 is 0 Å². The van der Waals surface area contributed by atoms with Crippen molar-refractivity contribution >= 4 is 23.2 Å². The third kappa shape index (κ3) is 3.50. The Hall–Kier alpha value is -2.58. The SMILES string of the molecule is N#Cc1cc(Cl)ccc1N1CCCN(C(=O)c2ccncc2)CC1. The van der Waals surface area contributed by atoms with E-state index in [1.54, 1.807) is 36.7 Å². The lowest BCUT2D eigenvalue weighted by Crippen LogP contribution is -2.35. The first-order valence-corrected chi connectivity index (χ1v) is 8.21. The van der Waals surface area contributed by atoms with Crippen molar-refractivity contribution in [3.8, 4) is 6.07 Å². The first-order valence-electron chi connectivity index (χ1n) is 7.83. The average Bonchev–Trinajstić information content (AvgIpc) is 2.88. The summed E-state index contributed by atoms with van der Waals surface area (Å²) in [7, 11) is 0. The third-order valence-electron chi connectivity index (χ3n) is 4.13. The molecule has 5 nitrogen and oxygen atoms in total. The Balaban J connectivity index is 1.74. The number of amides is 1. The fourth-order valence-corrected chi connectivity index (χ4v) is 3.08. The van der Waals surface area contributed by atoms with E-state index in [4.69, 9.17) is 11.6 Å². The van der Waals surface area contributed by atoms with Crippen molar-refractivity contribution in [2.24, 2.45) is 0 Å². The van der Waals surface area contributed by atoms with Gasteiger partial charge >= 0.3 is 0 Å². The van der Waals surface area contributed by atoms with E-state index in [1.807, 2.05) is 11.0 Å². The molecule has 0 atom stereocenters. The van der Waals surface area contributed by atoms with Crippen LogP contribution in [-0.4, -0.2) is 42.0 Å². The topological polar surface area (TPSA) is 60.2 Å². The predicted molar refractivity (Wildman–Crippen MR) is 93.1 cm³/mol. The number of carbonyl (C=O) groups excluding carboxylic acids is 1. The van der Waals surface area contributed by atoms with Gasteiger partial charge in [-0.05, 0) is 36.8 Å². The van der Waals surface area contributed by atoms with E-state index in [-0.39, 0.29) is 5.91 Å². The zero-order chi connectivity index (χ0) is 16.9. The average molecular weight is 341 g/mol. The second-order valence-electron chi connectivity index (χ2n) is 5.64. The van der Waals surface area contributed by atoms with Gasteiger partial charge in [-0.25, -0.2) is 0 Å². The molecular formula is C18H17ClN4O. The van der Waals surface area contributed by atoms with Crippen molar-refractivity contribution in [3.63, 3.8) is 0 Å². The summed E-state index contributed by atoms with van der Waals surface area (Å²) in [5, 5.41) is 9.88. The number of aromatic nitrogens is 1. The van der Waals surface area contributed by atoms with Gasteiger partial charge in [0.1, 0.15) is 6.07 Å². The largest absolute Gasteiger partial charge is 0.369 e. The van der Waals surface area contributed by atoms with Crippen LogP contribution in [0.15, 0.2) is 42.7 Å². The van der Waals surface area contributed by atoms with Crippen LogP contribution in [0, 0.1) is 11.3 Å². The molecule has 1 aromatic carbocycles. The first-order chi connectivity index (χ1) is 11.7. The third-order valence-corrected chi connectivity index (χ3v) is 4.37. The van der Waals surface area contributed by atoms with Gasteiger partial charge in [0.05, 0.1) is 11.3 Å². The van der Waals surface area contributed by atoms with E-state index in [0.29, 0.717) is 35.8 Å². The molecule has 0 radical (unpaired) electrons. The number of halogens is 1. The molecule has 3 rings (SSSR count). The van der Waals surface area contributed by atoms with Crippen LogP contribution in [0.3, 0.4) is 0 Å². The van der Waals surface area contributed by atoms with E-state index in [0.717, 1.165) is 18.7 Å². The molecule has 1 aliphatic heterocycles. The first kappa shape index (κ1) is 16.3. The molecule has 0 unspecified atom stereocenters. The van der Waals surface area contributed by atoms with Crippen LogP contribution in [0.1, 0.15) is 22.3 Å². The number of hydrogen-bond acceptors (Lipinski definition) is 4. The highest BCUT2D eigenvalue weighted by atomic mass is 35.5. The van der Waals surface area contributed by atoms with Gasteiger partial charge in [-0.1, -0.05) is 11.6 Å². The van der Waals surface area contributed by atoms with Crippen LogP contribution in [0.5, 0.6) is 0 Å². The number of nitriles is 1. The summed E-state index contributed by atoms with van der Waals surface area (Å²) >= 11 is 5.97. The van der Waals surface area contributed by atoms with Crippen LogP contribution in [0.25, 0.3) is 0 Å². The summed E-state index contributed by atoms with van der Waals surface area (Å²) < 4.78 is 0. The van der Waals surface area contributed by atoms with Gasteiger partial charge in [0.15, 0.2) is 0 Å². The van der Waals surface area contributed by atoms with Gasteiger partial charge in [0.2, 0.25) is 0 Å². The zero-order valence-electron chi connectivity index (χ0n) is 13.2. The molecule has 1 aliphatic rings. The number of rotatable bonds is 2. The lowest BCUT2D eigenvalue weighted by molar-refractivity contribution is 0.0767. The number of pyridine rings is 1. The Bertz CT molecular complexity index is 772. The number of benzene rings is 1. The summed E-state index contributed by atoms with van der Waals surface area (Å²) in [6, 6.07) is 11.0. The summed E-state index contributed by atoms with van der Waals surface area (Å²) in [4.78, 5) is 20.5. The van der Waals surface area contributed by atoms with Crippen LogP contribution >= 0.6 is 11.6 Å². The molecule has 2 aromatic rings.